The summed E-state index contributed by atoms with van der Waals surface area (Å²) < 4.78 is 1.73. The van der Waals surface area contributed by atoms with Crippen LogP contribution in [0.4, 0.5) is 0 Å². The minimum Gasteiger partial charge on any atom is -0.288 e. The van der Waals surface area contributed by atoms with Crippen molar-refractivity contribution in [1.29, 1.82) is 0 Å². The van der Waals surface area contributed by atoms with Crippen molar-refractivity contribution in [3.05, 3.63) is 112 Å². The van der Waals surface area contributed by atoms with Crippen LogP contribution in [0.15, 0.2) is 89.7 Å². The van der Waals surface area contributed by atoms with Crippen LogP contribution in [0, 0.1) is 0 Å². The summed E-state index contributed by atoms with van der Waals surface area (Å²) in [4.78, 5) is 17.8. The fourth-order valence-corrected chi connectivity index (χ4v) is 2.97. The molecule has 0 N–H and O–H groups in total. The molecular weight excluding hydrogens is 320 g/mol. The molecule has 3 heteroatoms. The molecule has 0 aliphatic carbocycles. The van der Waals surface area contributed by atoms with E-state index in [0.717, 1.165) is 16.6 Å². The van der Waals surface area contributed by atoms with E-state index < -0.39 is 0 Å². The van der Waals surface area contributed by atoms with Crippen molar-refractivity contribution < 1.29 is 0 Å². The molecule has 0 fully saturated rings. The van der Waals surface area contributed by atoms with Gasteiger partial charge in [-0.05, 0) is 29.3 Å². The Morgan fingerprint density at radius 2 is 1.42 bits per heavy atom. The van der Waals surface area contributed by atoms with Crippen LogP contribution in [0.2, 0.25) is 0 Å². The van der Waals surface area contributed by atoms with E-state index in [2.05, 4.69) is 0 Å². The van der Waals surface area contributed by atoms with Crippen molar-refractivity contribution in [3.63, 3.8) is 0 Å². The van der Waals surface area contributed by atoms with E-state index in [1.54, 1.807) is 4.57 Å². The number of para-hydroxylation sites is 1. The number of benzene rings is 3. The maximum Gasteiger partial charge on any atom is 0.261 e. The second kappa shape index (κ2) is 7.19. The maximum absolute atomic E-state index is 13.1. The van der Waals surface area contributed by atoms with Gasteiger partial charge in [-0.15, -0.1) is 0 Å². The van der Waals surface area contributed by atoms with E-state index in [1.165, 1.54) is 0 Å². The van der Waals surface area contributed by atoms with Crippen LogP contribution < -0.4 is 5.56 Å². The minimum absolute atomic E-state index is 0.0211. The molecule has 0 saturated heterocycles. The topological polar surface area (TPSA) is 34.9 Å². The Labute approximate surface area is 151 Å². The van der Waals surface area contributed by atoms with Gasteiger partial charge in [0.1, 0.15) is 5.82 Å². The quantitative estimate of drug-likeness (QED) is 0.544. The van der Waals surface area contributed by atoms with Crippen LogP contribution in [0.3, 0.4) is 0 Å². The Bertz CT molecular complexity index is 1110. The van der Waals surface area contributed by atoms with E-state index in [-0.39, 0.29) is 5.56 Å². The molecule has 3 aromatic carbocycles. The van der Waals surface area contributed by atoms with Crippen LogP contribution in [0.25, 0.3) is 23.1 Å². The van der Waals surface area contributed by atoms with Gasteiger partial charge in [0.05, 0.1) is 17.4 Å². The molecule has 0 aliphatic heterocycles. The van der Waals surface area contributed by atoms with E-state index in [0.29, 0.717) is 17.8 Å². The standard InChI is InChI=1S/C23H18N2O/c26-23-20-13-7-8-14-21(20)24-22(16-15-18-9-3-1-4-10-18)25(23)17-19-11-5-2-6-12-19/h1-16H,17H2. The lowest BCUT2D eigenvalue weighted by molar-refractivity contribution is 0.738. The summed E-state index contributed by atoms with van der Waals surface area (Å²) >= 11 is 0. The lowest BCUT2D eigenvalue weighted by Crippen LogP contribution is -2.24. The first kappa shape index (κ1) is 16.0. The summed E-state index contributed by atoms with van der Waals surface area (Å²) in [5.74, 6) is 0.654. The Morgan fingerprint density at radius 1 is 0.769 bits per heavy atom. The zero-order valence-electron chi connectivity index (χ0n) is 14.2. The van der Waals surface area contributed by atoms with Crippen molar-refractivity contribution in [1.82, 2.24) is 9.55 Å². The van der Waals surface area contributed by atoms with Crippen LogP contribution in [-0.4, -0.2) is 9.55 Å². The molecule has 1 heterocycles. The molecule has 3 nitrogen and oxygen atoms in total. The summed E-state index contributed by atoms with van der Waals surface area (Å²) in [5.41, 5.74) is 2.84. The maximum atomic E-state index is 13.1. The zero-order valence-corrected chi connectivity index (χ0v) is 14.2. The highest BCUT2D eigenvalue weighted by Crippen LogP contribution is 2.13. The van der Waals surface area contributed by atoms with Gasteiger partial charge >= 0.3 is 0 Å². The number of nitrogens with zero attached hydrogens (tertiary/aromatic N) is 2. The van der Waals surface area contributed by atoms with Crippen LogP contribution >= 0.6 is 0 Å². The third kappa shape index (κ3) is 3.33. The molecule has 0 unspecified atom stereocenters. The Balaban J connectivity index is 1.85. The second-order valence-electron chi connectivity index (χ2n) is 6.11. The Morgan fingerprint density at radius 3 is 2.19 bits per heavy atom. The lowest BCUT2D eigenvalue weighted by Gasteiger charge is -2.11. The molecule has 0 atom stereocenters. The predicted octanol–water partition coefficient (Wildman–Crippen LogP) is 4.62. The van der Waals surface area contributed by atoms with Crippen LogP contribution in [-0.2, 0) is 6.54 Å². The lowest BCUT2D eigenvalue weighted by atomic mass is 10.2. The average Bonchev–Trinajstić information content (AvgIpc) is 2.70. The fraction of sp³-hybridized carbons (Fsp3) is 0.0435. The summed E-state index contributed by atoms with van der Waals surface area (Å²) in [6.45, 7) is 0.492. The highest BCUT2D eigenvalue weighted by molar-refractivity contribution is 5.79. The predicted molar refractivity (Wildman–Crippen MR) is 107 cm³/mol. The van der Waals surface area contributed by atoms with Crippen LogP contribution in [0.1, 0.15) is 17.0 Å². The van der Waals surface area contributed by atoms with Gasteiger partial charge in [0, 0.05) is 0 Å². The molecular formula is C23H18N2O. The molecule has 0 aliphatic rings. The number of fused-ring (bicyclic) bond motifs is 1. The van der Waals surface area contributed by atoms with Crippen LogP contribution in [0.5, 0.6) is 0 Å². The summed E-state index contributed by atoms with van der Waals surface area (Å²) in [6, 6.07) is 27.5. The smallest absolute Gasteiger partial charge is 0.261 e. The summed E-state index contributed by atoms with van der Waals surface area (Å²) in [6.07, 6.45) is 3.89. The molecule has 26 heavy (non-hydrogen) atoms. The molecule has 0 saturated carbocycles. The van der Waals surface area contributed by atoms with Gasteiger partial charge < -0.3 is 0 Å². The van der Waals surface area contributed by atoms with E-state index >= 15 is 0 Å². The monoisotopic (exact) mass is 338 g/mol. The summed E-state index contributed by atoms with van der Waals surface area (Å²) in [7, 11) is 0. The SMILES string of the molecule is O=c1c2ccccc2nc(C=Cc2ccccc2)n1Cc1ccccc1. The minimum atomic E-state index is -0.0211. The van der Waals surface area contributed by atoms with E-state index in [9.17, 15) is 4.79 Å². The second-order valence-corrected chi connectivity index (χ2v) is 6.11. The van der Waals surface area contributed by atoms with Gasteiger partial charge in [-0.1, -0.05) is 78.9 Å². The molecule has 0 amide bonds. The number of aromatic nitrogens is 2. The molecule has 0 radical (unpaired) electrons. The molecule has 1 aromatic heterocycles. The average molecular weight is 338 g/mol. The van der Waals surface area contributed by atoms with Crippen molar-refractivity contribution in [2.24, 2.45) is 0 Å². The van der Waals surface area contributed by atoms with Gasteiger partial charge in [-0.3, -0.25) is 9.36 Å². The molecule has 4 aromatic rings. The van der Waals surface area contributed by atoms with Gasteiger partial charge in [0.2, 0.25) is 0 Å². The largest absolute Gasteiger partial charge is 0.288 e. The third-order valence-corrected chi connectivity index (χ3v) is 4.30. The van der Waals surface area contributed by atoms with Gasteiger partial charge in [-0.25, -0.2) is 4.98 Å². The molecule has 0 spiro atoms. The fourth-order valence-electron chi connectivity index (χ4n) is 2.97. The molecule has 0 bridgehead atoms. The first-order chi connectivity index (χ1) is 12.8. The van der Waals surface area contributed by atoms with Gasteiger partial charge in [0.15, 0.2) is 0 Å². The Kier molecular flexibility index (Phi) is 4.44. The van der Waals surface area contributed by atoms with Gasteiger partial charge in [-0.2, -0.15) is 0 Å². The number of hydrogen-bond acceptors (Lipinski definition) is 2. The zero-order chi connectivity index (χ0) is 17.8. The Hall–Kier alpha value is -3.46. The van der Waals surface area contributed by atoms with E-state index in [4.69, 9.17) is 4.98 Å². The highest BCUT2D eigenvalue weighted by atomic mass is 16.1. The van der Waals surface area contributed by atoms with Crippen molar-refractivity contribution in [2.75, 3.05) is 0 Å². The normalized spacial score (nSPS) is 11.2. The highest BCUT2D eigenvalue weighted by Gasteiger charge is 2.09. The third-order valence-electron chi connectivity index (χ3n) is 4.30. The van der Waals surface area contributed by atoms with Gasteiger partial charge in [0.25, 0.3) is 5.56 Å². The van der Waals surface area contributed by atoms with E-state index in [1.807, 2.05) is 97.1 Å². The number of rotatable bonds is 4. The first-order valence-corrected chi connectivity index (χ1v) is 8.58. The first-order valence-electron chi connectivity index (χ1n) is 8.58. The summed E-state index contributed by atoms with van der Waals surface area (Å²) in [5, 5.41) is 0.639. The van der Waals surface area contributed by atoms with Crippen molar-refractivity contribution in [2.45, 2.75) is 6.54 Å². The molecule has 4 rings (SSSR count). The van der Waals surface area contributed by atoms with Crippen molar-refractivity contribution in [3.8, 4) is 0 Å². The van der Waals surface area contributed by atoms with Crippen molar-refractivity contribution >= 4 is 23.1 Å². The number of hydrogen-bond donors (Lipinski definition) is 0. The molecule has 126 valence electrons.